The zero-order chi connectivity index (χ0) is 8.39. The van der Waals surface area contributed by atoms with Crippen LogP contribution in [0.3, 0.4) is 0 Å². The summed E-state index contributed by atoms with van der Waals surface area (Å²) >= 11 is 1.58. The second-order valence-corrected chi connectivity index (χ2v) is 3.18. The van der Waals surface area contributed by atoms with Crippen LogP contribution in [0.1, 0.15) is 0 Å². The second kappa shape index (κ2) is 4.25. The predicted molar refractivity (Wildman–Crippen MR) is 59.2 cm³/mol. The van der Waals surface area contributed by atoms with E-state index in [2.05, 4.69) is 4.98 Å². The molecule has 0 amide bonds. The molecule has 0 atom stereocenters. The fraction of sp³-hybridized carbons (Fsp3) is 0. The van der Waals surface area contributed by atoms with Crippen molar-refractivity contribution >= 4 is 29.4 Å². The molecule has 1 heterocycles. The Morgan fingerprint density at radius 1 is 1.23 bits per heavy atom. The van der Waals surface area contributed by atoms with Gasteiger partial charge in [0.05, 0.1) is 11.2 Å². The molecule has 0 bridgehead atoms. The van der Waals surface area contributed by atoms with E-state index in [9.17, 15) is 0 Å². The van der Waals surface area contributed by atoms with Crippen LogP contribution in [0.25, 0.3) is 11.3 Å². The Labute approximate surface area is 86.8 Å². The molecule has 2 nitrogen and oxygen atoms in total. The maximum atomic E-state index is 5.78. The van der Waals surface area contributed by atoms with Crippen LogP contribution in [-0.2, 0) is 0 Å². The highest BCUT2D eigenvalue weighted by atomic mass is 35.5. The van der Waals surface area contributed by atoms with E-state index >= 15 is 0 Å². The van der Waals surface area contributed by atoms with Crippen molar-refractivity contribution in [3.05, 3.63) is 35.2 Å². The van der Waals surface area contributed by atoms with E-state index in [0.29, 0.717) is 0 Å². The van der Waals surface area contributed by atoms with Crippen molar-refractivity contribution in [1.29, 1.82) is 0 Å². The van der Waals surface area contributed by atoms with Crippen molar-refractivity contribution in [3.8, 4) is 11.3 Å². The van der Waals surface area contributed by atoms with Crippen LogP contribution in [0.2, 0.25) is 0 Å². The lowest BCUT2D eigenvalue weighted by Crippen LogP contribution is -1.88. The molecule has 0 saturated carbocycles. The Bertz CT molecular complexity index is 373. The molecule has 1 aromatic heterocycles. The molecule has 0 fully saturated rings. The van der Waals surface area contributed by atoms with Crippen molar-refractivity contribution in [1.82, 2.24) is 4.98 Å². The maximum Gasteiger partial charge on any atom is 0.0831 e. The van der Waals surface area contributed by atoms with Gasteiger partial charge in [-0.2, -0.15) is 0 Å². The molecule has 0 aliphatic carbocycles. The van der Waals surface area contributed by atoms with E-state index in [0.717, 1.165) is 16.9 Å². The summed E-state index contributed by atoms with van der Waals surface area (Å²) in [6.07, 6.45) is 0. The Kier molecular flexibility index (Phi) is 3.28. The van der Waals surface area contributed by atoms with Gasteiger partial charge in [0.15, 0.2) is 0 Å². The summed E-state index contributed by atoms with van der Waals surface area (Å²) in [7, 11) is 0. The number of rotatable bonds is 1. The molecule has 2 aromatic rings. The number of hydrogen-bond donors (Lipinski definition) is 1. The number of nitrogens with two attached hydrogens (primary N) is 1. The monoisotopic (exact) mass is 212 g/mol. The molecule has 2 N–H and O–H groups in total. The van der Waals surface area contributed by atoms with Gasteiger partial charge < -0.3 is 5.73 Å². The van der Waals surface area contributed by atoms with Crippen LogP contribution in [0.15, 0.2) is 35.2 Å². The zero-order valence-electron chi connectivity index (χ0n) is 6.81. The minimum absolute atomic E-state index is 0. The van der Waals surface area contributed by atoms with Crippen molar-refractivity contribution < 1.29 is 0 Å². The Balaban J connectivity index is 0.000000845. The number of nitrogens with zero attached hydrogens (tertiary/aromatic N) is 1. The number of benzene rings is 1. The van der Waals surface area contributed by atoms with Crippen molar-refractivity contribution in [2.24, 2.45) is 0 Å². The zero-order valence-corrected chi connectivity index (χ0v) is 8.44. The van der Waals surface area contributed by atoms with Crippen LogP contribution >= 0.6 is 23.7 Å². The summed E-state index contributed by atoms with van der Waals surface area (Å²) in [5, 5.41) is 1.99. The number of nitrogen functional groups attached to an aromatic ring is 1. The van der Waals surface area contributed by atoms with E-state index in [1.54, 1.807) is 11.3 Å². The molecule has 0 aliphatic heterocycles. The standard InChI is InChI=1S/C9H8N2S.ClH/c10-8-4-2-1-3-7(8)9-5-12-6-11-9;/h1-6H,10H2;1H. The second-order valence-electron chi connectivity index (χ2n) is 2.46. The average Bonchev–Trinajstić information content (AvgIpc) is 2.57. The number of thiazole rings is 1. The fourth-order valence-corrected chi connectivity index (χ4v) is 1.63. The fourth-order valence-electron chi connectivity index (χ4n) is 1.08. The molecule has 0 aliphatic rings. The molecule has 68 valence electrons. The van der Waals surface area contributed by atoms with Gasteiger partial charge in [-0.1, -0.05) is 18.2 Å². The third kappa shape index (κ3) is 1.99. The summed E-state index contributed by atoms with van der Waals surface area (Å²) < 4.78 is 0. The third-order valence-electron chi connectivity index (χ3n) is 1.67. The van der Waals surface area contributed by atoms with E-state index in [4.69, 9.17) is 5.73 Å². The Hall–Kier alpha value is -1.06. The quantitative estimate of drug-likeness (QED) is 0.739. The molecule has 13 heavy (non-hydrogen) atoms. The number of para-hydroxylation sites is 1. The molecule has 0 spiro atoms. The lowest BCUT2D eigenvalue weighted by Gasteiger charge is -1.99. The number of aromatic nitrogens is 1. The maximum absolute atomic E-state index is 5.78. The van der Waals surface area contributed by atoms with Gasteiger partial charge in [0.25, 0.3) is 0 Å². The van der Waals surface area contributed by atoms with E-state index < -0.39 is 0 Å². The summed E-state index contributed by atoms with van der Waals surface area (Å²) in [5.41, 5.74) is 10.3. The first-order valence-corrected chi connectivity index (χ1v) is 4.55. The van der Waals surface area contributed by atoms with Gasteiger partial charge in [-0.3, -0.25) is 0 Å². The Morgan fingerprint density at radius 2 is 2.00 bits per heavy atom. The summed E-state index contributed by atoms with van der Waals surface area (Å²) in [6.45, 7) is 0. The van der Waals surface area contributed by atoms with E-state index in [1.165, 1.54) is 0 Å². The first kappa shape index (κ1) is 10.0. The largest absolute Gasteiger partial charge is 0.398 e. The van der Waals surface area contributed by atoms with Gasteiger partial charge in [0.1, 0.15) is 0 Å². The van der Waals surface area contributed by atoms with Crippen molar-refractivity contribution in [2.45, 2.75) is 0 Å². The molecule has 4 heteroatoms. The summed E-state index contributed by atoms with van der Waals surface area (Å²) in [6, 6.07) is 7.75. The molecule has 0 radical (unpaired) electrons. The highest BCUT2D eigenvalue weighted by molar-refractivity contribution is 7.07. The SMILES string of the molecule is Cl.Nc1ccccc1-c1cscn1. The van der Waals surface area contributed by atoms with Gasteiger partial charge >= 0.3 is 0 Å². The minimum Gasteiger partial charge on any atom is -0.398 e. The molecular formula is C9H9ClN2S. The van der Waals surface area contributed by atoms with Gasteiger partial charge in [-0.05, 0) is 6.07 Å². The first-order valence-electron chi connectivity index (χ1n) is 3.61. The lowest BCUT2D eigenvalue weighted by molar-refractivity contribution is 1.41. The predicted octanol–water partition coefficient (Wildman–Crippen LogP) is 2.81. The van der Waals surface area contributed by atoms with Gasteiger partial charge in [0.2, 0.25) is 0 Å². The average molecular weight is 213 g/mol. The molecule has 0 saturated heterocycles. The summed E-state index contributed by atoms with van der Waals surface area (Å²) in [5.74, 6) is 0. The number of halogens is 1. The highest BCUT2D eigenvalue weighted by Gasteiger charge is 2.01. The van der Waals surface area contributed by atoms with Crippen molar-refractivity contribution in [3.63, 3.8) is 0 Å². The number of hydrogen-bond acceptors (Lipinski definition) is 3. The third-order valence-corrected chi connectivity index (χ3v) is 2.26. The van der Waals surface area contributed by atoms with Crippen LogP contribution in [0.5, 0.6) is 0 Å². The van der Waals surface area contributed by atoms with Crippen LogP contribution in [0.4, 0.5) is 5.69 Å². The Morgan fingerprint density at radius 3 is 2.62 bits per heavy atom. The number of anilines is 1. The lowest BCUT2D eigenvalue weighted by atomic mass is 10.1. The van der Waals surface area contributed by atoms with Crippen molar-refractivity contribution in [2.75, 3.05) is 5.73 Å². The van der Waals surface area contributed by atoms with E-state index in [-0.39, 0.29) is 12.4 Å². The molecule has 0 unspecified atom stereocenters. The molecule has 1 aromatic carbocycles. The van der Waals surface area contributed by atoms with Gasteiger partial charge in [-0.15, -0.1) is 23.7 Å². The first-order chi connectivity index (χ1) is 5.88. The minimum atomic E-state index is 0. The summed E-state index contributed by atoms with van der Waals surface area (Å²) in [4.78, 5) is 4.19. The molecule has 2 rings (SSSR count). The van der Waals surface area contributed by atoms with Crippen LogP contribution < -0.4 is 5.73 Å². The van der Waals surface area contributed by atoms with Crippen LogP contribution in [-0.4, -0.2) is 4.98 Å². The van der Waals surface area contributed by atoms with Crippen LogP contribution in [0, 0.1) is 0 Å². The smallest absolute Gasteiger partial charge is 0.0831 e. The van der Waals surface area contributed by atoms with E-state index in [1.807, 2.05) is 35.2 Å². The van der Waals surface area contributed by atoms with Gasteiger partial charge in [0, 0.05) is 16.6 Å². The van der Waals surface area contributed by atoms with Gasteiger partial charge in [-0.25, -0.2) is 4.98 Å². The highest BCUT2D eigenvalue weighted by Crippen LogP contribution is 2.24. The topological polar surface area (TPSA) is 38.9 Å². The normalized spacial score (nSPS) is 9.23. The molecular weight excluding hydrogens is 204 g/mol.